The second-order valence-electron chi connectivity index (χ2n) is 3.38. The lowest BCUT2D eigenvalue weighted by Crippen LogP contribution is -2.22. The zero-order valence-electron chi connectivity index (χ0n) is 8.64. The molecule has 9 heteroatoms. The fraction of sp³-hybridized carbons (Fsp3) is 0.250. The van der Waals surface area contributed by atoms with E-state index >= 15 is 0 Å². The molecule has 0 aliphatic heterocycles. The number of sulfonamides is 1. The summed E-state index contributed by atoms with van der Waals surface area (Å²) in [5.74, 6) is 0. The molecular formula is C8H9BrClNO4S2. The van der Waals surface area contributed by atoms with Gasteiger partial charge in [-0.05, 0) is 34.1 Å². The van der Waals surface area contributed by atoms with Crippen LogP contribution in [0, 0.1) is 0 Å². The van der Waals surface area contributed by atoms with Crippen LogP contribution in [0.1, 0.15) is 0 Å². The minimum Gasteiger partial charge on any atom is -0.282 e. The van der Waals surface area contributed by atoms with Crippen LogP contribution in [0.3, 0.4) is 0 Å². The summed E-state index contributed by atoms with van der Waals surface area (Å²) in [5, 5.41) is -0.530. The molecule has 1 aromatic carbocycles. The van der Waals surface area contributed by atoms with E-state index in [4.69, 9.17) is 11.6 Å². The lowest BCUT2D eigenvalue weighted by molar-refractivity contribution is 0.595. The Bertz CT molecular complexity index is 627. The van der Waals surface area contributed by atoms with Gasteiger partial charge in [-0.25, -0.2) is 16.8 Å². The van der Waals surface area contributed by atoms with Gasteiger partial charge in [0.25, 0.3) is 0 Å². The van der Waals surface area contributed by atoms with E-state index in [1.165, 1.54) is 18.2 Å². The lowest BCUT2D eigenvalue weighted by Gasteiger charge is -2.08. The van der Waals surface area contributed by atoms with Crippen LogP contribution < -0.4 is 4.72 Å². The zero-order chi connectivity index (χ0) is 13.3. The van der Waals surface area contributed by atoms with Crippen LogP contribution in [0.15, 0.2) is 22.7 Å². The van der Waals surface area contributed by atoms with Crippen LogP contribution in [0.4, 0.5) is 5.69 Å². The fourth-order valence-corrected chi connectivity index (χ4v) is 4.97. The summed E-state index contributed by atoms with van der Waals surface area (Å²) >= 11 is 8.81. The summed E-state index contributed by atoms with van der Waals surface area (Å²) in [6, 6.07) is 4.43. The third kappa shape index (κ3) is 5.24. The summed E-state index contributed by atoms with van der Waals surface area (Å²) in [7, 11) is -7.55. The third-order valence-corrected chi connectivity index (χ3v) is 5.94. The van der Waals surface area contributed by atoms with Crippen molar-refractivity contribution in [1.29, 1.82) is 0 Å². The molecule has 1 N–H and O–H groups in total. The van der Waals surface area contributed by atoms with Crippen molar-refractivity contribution in [3.63, 3.8) is 0 Å². The molecule has 0 aromatic heterocycles. The van der Waals surface area contributed by atoms with Crippen LogP contribution >= 0.6 is 27.5 Å². The monoisotopic (exact) mass is 361 g/mol. The number of anilines is 1. The van der Waals surface area contributed by atoms with Crippen molar-refractivity contribution < 1.29 is 16.8 Å². The molecule has 0 atom stereocenters. The number of halogens is 2. The van der Waals surface area contributed by atoms with Gasteiger partial charge in [-0.1, -0.05) is 11.6 Å². The molecule has 0 fully saturated rings. The molecule has 0 aliphatic carbocycles. The quantitative estimate of drug-likeness (QED) is 0.886. The topological polar surface area (TPSA) is 80.3 Å². The average molecular weight is 363 g/mol. The highest BCUT2D eigenvalue weighted by molar-refractivity contribution is 9.10. The van der Waals surface area contributed by atoms with E-state index in [-0.39, 0.29) is 5.69 Å². The highest BCUT2D eigenvalue weighted by Gasteiger charge is 2.19. The minimum absolute atomic E-state index is 0.234. The van der Waals surface area contributed by atoms with E-state index in [1.807, 2.05) is 0 Å². The van der Waals surface area contributed by atoms with Gasteiger partial charge in [0, 0.05) is 15.8 Å². The predicted octanol–water partition coefficient (Wildman–Crippen LogP) is 1.85. The first-order valence-electron chi connectivity index (χ1n) is 4.22. The van der Waals surface area contributed by atoms with Gasteiger partial charge in [0.1, 0.15) is 0 Å². The van der Waals surface area contributed by atoms with Crippen LogP contribution in [0.25, 0.3) is 0 Å². The average Bonchev–Trinajstić information content (AvgIpc) is 2.05. The highest BCUT2D eigenvalue weighted by Crippen LogP contribution is 2.26. The fourth-order valence-electron chi connectivity index (χ4n) is 1.05. The molecule has 0 amide bonds. The summed E-state index contributed by atoms with van der Waals surface area (Å²) in [5.41, 5.74) is 0.234. The van der Waals surface area contributed by atoms with Crippen molar-refractivity contribution in [3.8, 4) is 0 Å². The molecule has 0 bridgehead atoms. The first-order chi connectivity index (χ1) is 7.59. The van der Waals surface area contributed by atoms with E-state index in [0.717, 1.165) is 6.26 Å². The Hall–Kier alpha value is -0.310. The Labute approximate surface area is 113 Å². The Morgan fingerprint density at radius 1 is 1.29 bits per heavy atom. The smallest absolute Gasteiger partial charge is 0.247 e. The Morgan fingerprint density at radius 3 is 2.35 bits per heavy atom. The van der Waals surface area contributed by atoms with Crippen molar-refractivity contribution in [2.24, 2.45) is 0 Å². The largest absolute Gasteiger partial charge is 0.282 e. The minimum atomic E-state index is -3.94. The predicted molar refractivity (Wildman–Crippen MR) is 71.4 cm³/mol. The first-order valence-corrected chi connectivity index (χ1v) is 9.11. The van der Waals surface area contributed by atoms with Crippen LogP contribution in [-0.4, -0.2) is 28.2 Å². The van der Waals surface area contributed by atoms with Crippen molar-refractivity contribution in [3.05, 3.63) is 27.7 Å². The summed E-state index contributed by atoms with van der Waals surface area (Å²) in [6.45, 7) is 0. The molecule has 0 unspecified atom stereocenters. The van der Waals surface area contributed by atoms with Crippen molar-refractivity contribution >= 4 is 53.1 Å². The molecule has 17 heavy (non-hydrogen) atoms. The number of benzene rings is 1. The molecular weight excluding hydrogens is 354 g/mol. The highest BCUT2D eigenvalue weighted by atomic mass is 79.9. The van der Waals surface area contributed by atoms with Gasteiger partial charge in [-0.2, -0.15) is 0 Å². The maximum atomic E-state index is 11.5. The maximum Gasteiger partial charge on any atom is 0.247 e. The molecule has 0 radical (unpaired) electrons. The third-order valence-electron chi connectivity index (χ3n) is 1.57. The van der Waals surface area contributed by atoms with Gasteiger partial charge in [-0.3, -0.25) is 4.72 Å². The zero-order valence-corrected chi connectivity index (χ0v) is 12.6. The van der Waals surface area contributed by atoms with Gasteiger partial charge in [0.2, 0.25) is 10.0 Å². The van der Waals surface area contributed by atoms with E-state index in [1.54, 1.807) is 0 Å². The number of rotatable bonds is 4. The van der Waals surface area contributed by atoms with E-state index in [2.05, 4.69) is 20.7 Å². The number of hydrogen-bond acceptors (Lipinski definition) is 4. The molecule has 0 aliphatic rings. The van der Waals surface area contributed by atoms with Gasteiger partial charge < -0.3 is 0 Å². The summed E-state index contributed by atoms with van der Waals surface area (Å²) < 4.78 is 47.5. The van der Waals surface area contributed by atoms with E-state index < -0.39 is 24.9 Å². The Kier molecular flexibility index (Phi) is 4.45. The van der Waals surface area contributed by atoms with Gasteiger partial charge in [0.15, 0.2) is 14.9 Å². The number of sulfone groups is 1. The first kappa shape index (κ1) is 14.7. The molecule has 5 nitrogen and oxygen atoms in total. The van der Waals surface area contributed by atoms with Crippen LogP contribution in [0.2, 0.25) is 5.02 Å². The summed E-state index contributed by atoms with van der Waals surface area (Å²) in [4.78, 5) is 0. The van der Waals surface area contributed by atoms with Crippen molar-refractivity contribution in [2.45, 2.75) is 0 Å². The molecule has 0 saturated carbocycles. The van der Waals surface area contributed by atoms with Gasteiger partial charge in [0.05, 0.1) is 5.69 Å². The van der Waals surface area contributed by atoms with Gasteiger partial charge >= 0.3 is 0 Å². The number of hydrogen-bond donors (Lipinski definition) is 1. The van der Waals surface area contributed by atoms with E-state index in [9.17, 15) is 16.8 Å². The van der Waals surface area contributed by atoms with Crippen molar-refractivity contribution in [1.82, 2.24) is 0 Å². The molecule has 1 aromatic rings. The van der Waals surface area contributed by atoms with Crippen LogP contribution in [-0.2, 0) is 19.9 Å². The molecule has 0 heterocycles. The maximum absolute atomic E-state index is 11.5. The normalized spacial score (nSPS) is 12.4. The summed E-state index contributed by atoms with van der Waals surface area (Å²) in [6.07, 6.45) is 0.850. The molecule has 0 spiro atoms. The number of nitrogens with one attached hydrogen (secondary N) is 1. The lowest BCUT2D eigenvalue weighted by atomic mass is 10.3. The second kappa shape index (κ2) is 5.13. The second-order valence-corrected chi connectivity index (χ2v) is 8.90. The Balaban J connectivity index is 2.99. The Morgan fingerprint density at radius 2 is 1.88 bits per heavy atom. The standard InChI is InChI=1S/C8H9BrClNO4S2/c1-16(12,13)5-17(14,15)11-8-3-2-6(10)4-7(8)9/h2-4,11H,5H2,1H3. The molecule has 0 saturated heterocycles. The van der Waals surface area contributed by atoms with E-state index in [0.29, 0.717) is 9.50 Å². The SMILES string of the molecule is CS(=O)(=O)CS(=O)(=O)Nc1ccc(Cl)cc1Br. The van der Waals surface area contributed by atoms with Gasteiger partial charge in [-0.15, -0.1) is 0 Å². The molecule has 1 rings (SSSR count). The van der Waals surface area contributed by atoms with Crippen LogP contribution in [0.5, 0.6) is 0 Å². The van der Waals surface area contributed by atoms with Crippen molar-refractivity contribution in [2.75, 3.05) is 16.1 Å². The molecule has 96 valence electrons.